The van der Waals surface area contributed by atoms with Crippen molar-refractivity contribution in [3.8, 4) is 0 Å². The highest BCUT2D eigenvalue weighted by molar-refractivity contribution is 5.57. The molecular formula is C16H25N3. The van der Waals surface area contributed by atoms with Gasteiger partial charge in [-0.05, 0) is 51.0 Å². The number of hydrogen-bond acceptors (Lipinski definition) is 3. The molecule has 0 bridgehead atoms. The monoisotopic (exact) mass is 259 g/mol. The third kappa shape index (κ3) is 2.86. The second kappa shape index (κ2) is 5.04. The van der Waals surface area contributed by atoms with Gasteiger partial charge in [-0.1, -0.05) is 0 Å². The molecule has 2 aliphatic rings. The van der Waals surface area contributed by atoms with Crippen LogP contribution in [0, 0.1) is 0 Å². The normalized spacial score (nSPS) is 22.8. The van der Waals surface area contributed by atoms with Crippen molar-refractivity contribution in [3.05, 3.63) is 24.3 Å². The molecule has 3 rings (SSSR count). The SMILES string of the molecule is CC1(C)CN(c2ccc(N3CCCC3)cc2)CCN1. The van der Waals surface area contributed by atoms with Crippen LogP contribution >= 0.6 is 0 Å². The van der Waals surface area contributed by atoms with Crippen LogP contribution in [-0.2, 0) is 0 Å². The van der Waals surface area contributed by atoms with Crippen LogP contribution in [0.25, 0.3) is 0 Å². The number of nitrogens with one attached hydrogen (secondary N) is 1. The smallest absolute Gasteiger partial charge is 0.0368 e. The Bertz CT molecular complexity index is 418. The van der Waals surface area contributed by atoms with Crippen LogP contribution in [-0.4, -0.2) is 38.3 Å². The van der Waals surface area contributed by atoms with Crippen LogP contribution in [0.3, 0.4) is 0 Å². The van der Waals surface area contributed by atoms with Crippen molar-refractivity contribution in [2.45, 2.75) is 32.2 Å². The standard InChI is InChI=1S/C16H25N3/c1-16(2)13-19(12-9-17-16)15-7-5-14(6-8-15)18-10-3-4-11-18/h5-8,17H,3-4,9-13H2,1-2H3. The number of nitrogens with zero attached hydrogens (tertiary/aromatic N) is 2. The predicted molar refractivity (Wildman–Crippen MR) is 82.2 cm³/mol. The van der Waals surface area contributed by atoms with E-state index < -0.39 is 0 Å². The van der Waals surface area contributed by atoms with Gasteiger partial charge in [0.15, 0.2) is 0 Å². The quantitative estimate of drug-likeness (QED) is 0.880. The van der Waals surface area contributed by atoms with Crippen molar-refractivity contribution in [2.24, 2.45) is 0 Å². The first kappa shape index (κ1) is 12.8. The van der Waals surface area contributed by atoms with Gasteiger partial charge in [-0.3, -0.25) is 0 Å². The number of piperazine rings is 1. The van der Waals surface area contributed by atoms with Gasteiger partial charge in [0, 0.05) is 49.6 Å². The lowest BCUT2D eigenvalue weighted by atomic mass is 10.0. The molecule has 3 heteroatoms. The van der Waals surface area contributed by atoms with E-state index in [-0.39, 0.29) is 5.54 Å². The zero-order chi connectivity index (χ0) is 13.3. The highest BCUT2D eigenvalue weighted by Gasteiger charge is 2.25. The summed E-state index contributed by atoms with van der Waals surface area (Å²) in [6.07, 6.45) is 2.68. The highest BCUT2D eigenvalue weighted by atomic mass is 15.2. The Labute approximate surface area is 116 Å². The zero-order valence-corrected chi connectivity index (χ0v) is 12.2. The molecule has 1 aromatic rings. The second-order valence-electron chi connectivity index (χ2n) is 6.44. The number of benzene rings is 1. The Hall–Kier alpha value is -1.22. The van der Waals surface area contributed by atoms with E-state index in [0.717, 1.165) is 19.6 Å². The van der Waals surface area contributed by atoms with Gasteiger partial charge in [0.2, 0.25) is 0 Å². The lowest BCUT2D eigenvalue weighted by Crippen LogP contribution is -2.57. The molecule has 1 aromatic carbocycles. The van der Waals surface area contributed by atoms with Crippen molar-refractivity contribution in [3.63, 3.8) is 0 Å². The molecule has 0 aromatic heterocycles. The molecule has 2 heterocycles. The van der Waals surface area contributed by atoms with E-state index >= 15 is 0 Å². The van der Waals surface area contributed by atoms with Gasteiger partial charge in [0.1, 0.15) is 0 Å². The molecule has 0 radical (unpaired) electrons. The Balaban J connectivity index is 1.71. The van der Waals surface area contributed by atoms with Gasteiger partial charge < -0.3 is 15.1 Å². The molecule has 0 spiro atoms. The summed E-state index contributed by atoms with van der Waals surface area (Å²) in [5.41, 5.74) is 2.96. The lowest BCUT2D eigenvalue weighted by molar-refractivity contribution is 0.353. The van der Waals surface area contributed by atoms with Gasteiger partial charge in [0.05, 0.1) is 0 Å². The van der Waals surface area contributed by atoms with Gasteiger partial charge >= 0.3 is 0 Å². The fourth-order valence-corrected chi connectivity index (χ4v) is 3.21. The average Bonchev–Trinajstić information content (AvgIpc) is 2.92. The number of rotatable bonds is 2. The summed E-state index contributed by atoms with van der Waals surface area (Å²) < 4.78 is 0. The Morgan fingerprint density at radius 1 is 0.895 bits per heavy atom. The molecule has 0 atom stereocenters. The van der Waals surface area contributed by atoms with Crippen LogP contribution in [0.4, 0.5) is 11.4 Å². The van der Waals surface area contributed by atoms with E-state index in [2.05, 4.69) is 53.2 Å². The van der Waals surface area contributed by atoms with Crippen molar-refractivity contribution in [1.29, 1.82) is 0 Å². The summed E-state index contributed by atoms with van der Waals surface area (Å²) in [5.74, 6) is 0. The van der Waals surface area contributed by atoms with E-state index in [0.29, 0.717) is 0 Å². The predicted octanol–water partition coefficient (Wildman–Crippen LogP) is 2.48. The molecule has 3 nitrogen and oxygen atoms in total. The summed E-state index contributed by atoms with van der Waals surface area (Å²) in [6.45, 7) is 10.2. The molecule has 0 saturated carbocycles. The van der Waals surface area contributed by atoms with Gasteiger partial charge in [0.25, 0.3) is 0 Å². The summed E-state index contributed by atoms with van der Waals surface area (Å²) in [6, 6.07) is 9.15. The zero-order valence-electron chi connectivity index (χ0n) is 12.2. The Morgan fingerprint density at radius 3 is 2.05 bits per heavy atom. The minimum absolute atomic E-state index is 0.214. The third-order valence-electron chi connectivity index (χ3n) is 4.26. The van der Waals surface area contributed by atoms with Crippen LogP contribution in [0.5, 0.6) is 0 Å². The van der Waals surface area contributed by atoms with Crippen LogP contribution < -0.4 is 15.1 Å². The minimum Gasteiger partial charge on any atom is -0.372 e. The molecule has 2 saturated heterocycles. The summed E-state index contributed by atoms with van der Waals surface area (Å²) in [4.78, 5) is 4.98. The maximum absolute atomic E-state index is 3.56. The second-order valence-corrected chi connectivity index (χ2v) is 6.44. The first-order valence-corrected chi connectivity index (χ1v) is 7.49. The van der Waals surface area contributed by atoms with Crippen molar-refractivity contribution < 1.29 is 0 Å². The van der Waals surface area contributed by atoms with Gasteiger partial charge in [-0.15, -0.1) is 0 Å². The maximum Gasteiger partial charge on any atom is 0.0368 e. The number of hydrogen-bond donors (Lipinski definition) is 1. The maximum atomic E-state index is 3.56. The molecule has 0 amide bonds. The number of anilines is 2. The van der Waals surface area contributed by atoms with Crippen LogP contribution in [0.1, 0.15) is 26.7 Å². The molecule has 0 aliphatic carbocycles. The van der Waals surface area contributed by atoms with Crippen molar-refractivity contribution in [2.75, 3.05) is 42.5 Å². The lowest BCUT2D eigenvalue weighted by Gasteiger charge is -2.40. The van der Waals surface area contributed by atoms with E-state index in [1.165, 1.54) is 37.3 Å². The van der Waals surface area contributed by atoms with E-state index in [9.17, 15) is 0 Å². The minimum atomic E-state index is 0.214. The van der Waals surface area contributed by atoms with Gasteiger partial charge in [-0.25, -0.2) is 0 Å². The molecule has 19 heavy (non-hydrogen) atoms. The van der Waals surface area contributed by atoms with Crippen LogP contribution in [0.15, 0.2) is 24.3 Å². The topological polar surface area (TPSA) is 18.5 Å². The fraction of sp³-hybridized carbons (Fsp3) is 0.625. The third-order valence-corrected chi connectivity index (χ3v) is 4.26. The molecular weight excluding hydrogens is 234 g/mol. The molecule has 2 fully saturated rings. The average molecular weight is 259 g/mol. The molecule has 0 unspecified atom stereocenters. The highest BCUT2D eigenvalue weighted by Crippen LogP contribution is 2.25. The summed E-state index contributed by atoms with van der Waals surface area (Å²) in [5, 5.41) is 3.56. The Morgan fingerprint density at radius 2 is 1.47 bits per heavy atom. The molecule has 2 aliphatic heterocycles. The van der Waals surface area contributed by atoms with Crippen molar-refractivity contribution >= 4 is 11.4 Å². The first-order valence-electron chi connectivity index (χ1n) is 7.49. The van der Waals surface area contributed by atoms with Gasteiger partial charge in [-0.2, -0.15) is 0 Å². The molecule has 104 valence electrons. The largest absolute Gasteiger partial charge is 0.372 e. The van der Waals surface area contributed by atoms with E-state index in [1.807, 2.05) is 0 Å². The van der Waals surface area contributed by atoms with Crippen LogP contribution in [0.2, 0.25) is 0 Å². The fourth-order valence-electron chi connectivity index (χ4n) is 3.21. The van der Waals surface area contributed by atoms with E-state index in [4.69, 9.17) is 0 Å². The summed E-state index contributed by atoms with van der Waals surface area (Å²) in [7, 11) is 0. The molecule has 1 N–H and O–H groups in total. The first-order chi connectivity index (χ1) is 9.14. The van der Waals surface area contributed by atoms with Crippen molar-refractivity contribution in [1.82, 2.24) is 5.32 Å². The summed E-state index contributed by atoms with van der Waals surface area (Å²) >= 11 is 0. The Kier molecular flexibility index (Phi) is 3.40. The van der Waals surface area contributed by atoms with E-state index in [1.54, 1.807) is 0 Å².